The Kier molecular flexibility index (Phi) is 2.44. The zero-order valence-corrected chi connectivity index (χ0v) is 6.30. The second kappa shape index (κ2) is 3.53. The van der Waals surface area contributed by atoms with Gasteiger partial charge in [0.15, 0.2) is 12.2 Å². The molecule has 0 saturated heterocycles. The number of hydrogen-bond acceptors (Lipinski definition) is 5. The van der Waals surface area contributed by atoms with E-state index in [1.807, 2.05) is 0 Å². The number of carboxylic acids is 1. The topological polar surface area (TPSA) is 101 Å². The predicted octanol–water partition coefficient (Wildman–Crippen LogP) is 0.384. The van der Waals surface area contributed by atoms with Crippen LogP contribution >= 0.6 is 0 Å². The van der Waals surface area contributed by atoms with E-state index in [4.69, 9.17) is 10.2 Å². The molecule has 0 bridgehead atoms. The number of oxazole rings is 1. The highest BCUT2D eigenvalue weighted by Gasteiger charge is 2.11. The summed E-state index contributed by atoms with van der Waals surface area (Å²) in [5.74, 6) is -3.50. The van der Waals surface area contributed by atoms with Crippen LogP contribution in [-0.4, -0.2) is 26.9 Å². The lowest BCUT2D eigenvalue weighted by molar-refractivity contribution is -0.135. The molecule has 0 amide bonds. The summed E-state index contributed by atoms with van der Waals surface area (Å²) in [5, 5.41) is 16.9. The largest absolute Gasteiger partial charge is 0.502 e. The van der Waals surface area contributed by atoms with Gasteiger partial charge in [-0.25, -0.2) is 9.78 Å². The molecule has 0 spiro atoms. The average molecular weight is 183 g/mol. The number of aliphatic hydroxyl groups excluding tert-OH is 1. The fraction of sp³-hybridized carbons (Fsp3) is 0. The number of aromatic nitrogens is 1. The van der Waals surface area contributed by atoms with Crippen LogP contribution in [-0.2, 0) is 4.79 Å². The van der Waals surface area contributed by atoms with Crippen molar-refractivity contribution in [3.05, 3.63) is 30.2 Å². The molecular weight excluding hydrogens is 178 g/mol. The summed E-state index contributed by atoms with van der Waals surface area (Å²) in [7, 11) is 0. The van der Waals surface area contributed by atoms with Crippen LogP contribution in [0, 0.1) is 0 Å². The van der Waals surface area contributed by atoms with Crippen LogP contribution in [0.3, 0.4) is 0 Å². The van der Waals surface area contributed by atoms with Crippen LogP contribution in [0.5, 0.6) is 0 Å². The maximum atomic E-state index is 11.0. The molecule has 0 atom stereocenters. The van der Waals surface area contributed by atoms with Crippen molar-refractivity contribution in [1.82, 2.24) is 4.98 Å². The molecule has 0 unspecified atom stereocenters. The third-order valence-corrected chi connectivity index (χ3v) is 1.16. The maximum absolute atomic E-state index is 11.0. The lowest BCUT2D eigenvalue weighted by Gasteiger charge is -1.89. The molecule has 0 radical (unpaired) electrons. The summed E-state index contributed by atoms with van der Waals surface area (Å²) in [6.07, 6.45) is 2.69. The Morgan fingerprint density at radius 2 is 2.15 bits per heavy atom. The Hall–Kier alpha value is -2.11. The van der Waals surface area contributed by atoms with Gasteiger partial charge >= 0.3 is 5.97 Å². The molecular formula is C7H5NO5. The predicted molar refractivity (Wildman–Crippen MR) is 39.2 cm³/mol. The van der Waals surface area contributed by atoms with Gasteiger partial charge in [0.05, 0.1) is 6.20 Å². The molecule has 0 aliphatic heterocycles. The van der Waals surface area contributed by atoms with E-state index in [1.165, 1.54) is 0 Å². The van der Waals surface area contributed by atoms with Gasteiger partial charge in [-0.15, -0.1) is 0 Å². The first-order chi connectivity index (χ1) is 6.11. The van der Waals surface area contributed by atoms with Gasteiger partial charge in [-0.2, -0.15) is 0 Å². The van der Waals surface area contributed by atoms with Crippen molar-refractivity contribution >= 4 is 11.8 Å². The Morgan fingerprint density at radius 1 is 1.46 bits per heavy atom. The third-order valence-electron chi connectivity index (χ3n) is 1.16. The van der Waals surface area contributed by atoms with Crippen LogP contribution in [0.25, 0.3) is 0 Å². The maximum Gasteiger partial charge on any atom is 0.371 e. The number of aliphatic hydroxyl groups is 1. The number of nitrogens with zero attached hydrogens (tertiary/aromatic N) is 1. The lowest BCUT2D eigenvalue weighted by atomic mass is 10.3. The first-order valence-electron chi connectivity index (χ1n) is 3.18. The second-order valence-electron chi connectivity index (χ2n) is 2.06. The van der Waals surface area contributed by atoms with Crippen molar-refractivity contribution in [1.29, 1.82) is 0 Å². The molecule has 0 saturated carbocycles. The number of rotatable bonds is 3. The monoisotopic (exact) mass is 183 g/mol. The second-order valence-corrected chi connectivity index (χ2v) is 2.06. The molecule has 1 rings (SSSR count). The fourth-order valence-electron chi connectivity index (χ4n) is 0.595. The van der Waals surface area contributed by atoms with E-state index in [1.54, 1.807) is 0 Å². The molecule has 6 heteroatoms. The molecule has 0 aliphatic rings. The van der Waals surface area contributed by atoms with E-state index in [2.05, 4.69) is 9.40 Å². The van der Waals surface area contributed by atoms with Crippen molar-refractivity contribution in [3.8, 4) is 0 Å². The van der Waals surface area contributed by atoms with E-state index in [9.17, 15) is 9.59 Å². The van der Waals surface area contributed by atoms with E-state index in [0.717, 1.165) is 12.6 Å². The van der Waals surface area contributed by atoms with Gasteiger partial charge in [0.1, 0.15) is 0 Å². The molecule has 1 aromatic rings. The summed E-state index contributed by atoms with van der Waals surface area (Å²) in [5.41, 5.74) is 0. The third kappa shape index (κ3) is 2.16. The number of allylic oxidation sites excluding steroid dienone is 1. The van der Waals surface area contributed by atoms with E-state index >= 15 is 0 Å². The standard InChI is InChI=1S/C7H5NO5/c9-4(1-5(10)7(11)12)6-2-8-3-13-6/h1-3,10H,(H,11,12)/b5-1-. The van der Waals surface area contributed by atoms with E-state index < -0.39 is 17.5 Å². The first-order valence-corrected chi connectivity index (χ1v) is 3.18. The Morgan fingerprint density at radius 3 is 2.62 bits per heavy atom. The summed E-state index contributed by atoms with van der Waals surface area (Å²) >= 11 is 0. The molecule has 0 aromatic carbocycles. The number of carboxylic acid groups (broad SMARTS) is 1. The van der Waals surface area contributed by atoms with Gasteiger partial charge in [-0.3, -0.25) is 4.79 Å². The highest BCUT2D eigenvalue weighted by atomic mass is 16.4. The van der Waals surface area contributed by atoms with Crippen LogP contribution in [0.2, 0.25) is 0 Å². The molecule has 68 valence electrons. The molecule has 0 aliphatic carbocycles. The van der Waals surface area contributed by atoms with Crippen molar-refractivity contribution in [2.75, 3.05) is 0 Å². The quantitative estimate of drug-likeness (QED) is 0.399. The molecule has 6 nitrogen and oxygen atoms in total. The molecule has 1 aromatic heterocycles. The van der Waals surface area contributed by atoms with Crippen molar-refractivity contribution in [2.45, 2.75) is 0 Å². The van der Waals surface area contributed by atoms with Crippen LogP contribution in [0.4, 0.5) is 0 Å². The van der Waals surface area contributed by atoms with Crippen LogP contribution < -0.4 is 0 Å². The smallest absolute Gasteiger partial charge is 0.371 e. The zero-order chi connectivity index (χ0) is 9.84. The number of aliphatic carboxylic acids is 1. The average Bonchev–Trinajstić information content (AvgIpc) is 2.55. The minimum atomic E-state index is -1.58. The molecule has 0 fully saturated rings. The highest BCUT2D eigenvalue weighted by Crippen LogP contribution is 2.01. The fourth-order valence-corrected chi connectivity index (χ4v) is 0.595. The number of hydrogen-bond donors (Lipinski definition) is 2. The SMILES string of the molecule is O=C(O)/C(O)=C/C(=O)c1cnco1. The zero-order valence-electron chi connectivity index (χ0n) is 6.30. The van der Waals surface area contributed by atoms with Crippen LogP contribution in [0.1, 0.15) is 10.6 Å². The number of carbonyl (C=O) groups excluding carboxylic acids is 1. The minimum Gasteiger partial charge on any atom is -0.502 e. The summed E-state index contributed by atoms with van der Waals surface area (Å²) in [6.45, 7) is 0. The van der Waals surface area contributed by atoms with Gasteiger partial charge in [0.25, 0.3) is 0 Å². The molecule has 1 heterocycles. The van der Waals surface area contributed by atoms with E-state index in [-0.39, 0.29) is 5.76 Å². The molecule has 2 N–H and O–H groups in total. The lowest BCUT2D eigenvalue weighted by Crippen LogP contribution is -2.03. The van der Waals surface area contributed by atoms with Gasteiger partial charge in [0.2, 0.25) is 11.5 Å². The highest BCUT2D eigenvalue weighted by molar-refractivity contribution is 6.05. The summed E-state index contributed by atoms with van der Waals surface area (Å²) in [6, 6.07) is 0. The molecule has 13 heavy (non-hydrogen) atoms. The Labute approximate surface area is 72.1 Å². The number of carbonyl (C=O) groups is 2. The Balaban J connectivity index is 2.82. The normalized spacial score (nSPS) is 11.2. The van der Waals surface area contributed by atoms with Gasteiger partial charge in [0, 0.05) is 6.08 Å². The first kappa shape index (κ1) is 8.98. The van der Waals surface area contributed by atoms with Gasteiger partial charge in [-0.05, 0) is 0 Å². The minimum absolute atomic E-state index is 0.132. The van der Waals surface area contributed by atoms with E-state index in [0.29, 0.717) is 6.08 Å². The van der Waals surface area contributed by atoms with Crippen molar-refractivity contribution in [2.24, 2.45) is 0 Å². The number of ketones is 1. The van der Waals surface area contributed by atoms with Crippen molar-refractivity contribution in [3.63, 3.8) is 0 Å². The summed E-state index contributed by atoms with van der Waals surface area (Å²) in [4.78, 5) is 24.5. The van der Waals surface area contributed by atoms with Crippen molar-refractivity contribution < 1.29 is 24.2 Å². The Bertz CT molecular complexity index is 351. The van der Waals surface area contributed by atoms with Gasteiger partial charge < -0.3 is 14.6 Å². The van der Waals surface area contributed by atoms with Gasteiger partial charge in [-0.1, -0.05) is 0 Å². The summed E-state index contributed by atoms with van der Waals surface area (Å²) < 4.78 is 4.57. The van der Waals surface area contributed by atoms with Crippen LogP contribution in [0.15, 0.2) is 28.8 Å².